The van der Waals surface area contributed by atoms with Gasteiger partial charge in [0.15, 0.2) is 10.8 Å². The molecule has 1 amide bonds. The molecule has 9 nitrogen and oxygen atoms in total. The minimum Gasteiger partial charge on any atom is -0.363 e. The number of pyridine rings is 1. The van der Waals surface area contributed by atoms with Gasteiger partial charge in [-0.25, -0.2) is 18.2 Å². The molecule has 0 unspecified atom stereocenters. The highest BCUT2D eigenvalue weighted by Crippen LogP contribution is 2.34. The highest BCUT2D eigenvalue weighted by molar-refractivity contribution is 7.92. The van der Waals surface area contributed by atoms with Crippen LogP contribution in [0, 0.1) is 24.4 Å². The summed E-state index contributed by atoms with van der Waals surface area (Å²) in [6, 6.07) is 10.3. The van der Waals surface area contributed by atoms with E-state index < -0.39 is 32.6 Å². The van der Waals surface area contributed by atoms with E-state index in [1.165, 1.54) is 31.4 Å². The second kappa shape index (κ2) is 11.0. The lowest BCUT2D eigenvalue weighted by atomic mass is 9.89. The first-order valence-corrected chi connectivity index (χ1v) is 13.8. The van der Waals surface area contributed by atoms with Crippen LogP contribution in [0.3, 0.4) is 0 Å². The van der Waals surface area contributed by atoms with Crippen molar-refractivity contribution in [2.45, 2.75) is 30.7 Å². The molecule has 1 aliphatic rings. The van der Waals surface area contributed by atoms with Crippen molar-refractivity contribution in [3.63, 3.8) is 0 Å². The number of halogens is 3. The van der Waals surface area contributed by atoms with Gasteiger partial charge in [-0.1, -0.05) is 17.3 Å². The van der Waals surface area contributed by atoms with Gasteiger partial charge in [0.25, 0.3) is 15.9 Å². The minimum absolute atomic E-state index is 0.00621. The summed E-state index contributed by atoms with van der Waals surface area (Å²) in [6.45, 7) is 2.16. The van der Waals surface area contributed by atoms with Crippen molar-refractivity contribution in [1.29, 1.82) is 0 Å². The van der Waals surface area contributed by atoms with Crippen molar-refractivity contribution >= 4 is 33.1 Å². The highest BCUT2D eigenvalue weighted by atomic mass is 32.2. The predicted octanol–water partition coefficient (Wildman–Crippen LogP) is 5.36. The van der Waals surface area contributed by atoms with Crippen LogP contribution in [0.5, 0.6) is 0 Å². The van der Waals surface area contributed by atoms with Crippen molar-refractivity contribution in [2.75, 3.05) is 23.1 Å². The van der Waals surface area contributed by atoms with Gasteiger partial charge in [-0.05, 0) is 55.5 Å². The maximum absolute atomic E-state index is 14.6. The normalized spacial score (nSPS) is 14.2. The summed E-state index contributed by atoms with van der Waals surface area (Å²) in [5.41, 5.74) is 0.648. The number of anilines is 3. The number of carbonyl (C=O) groups excluding carboxylic acids is 1. The average Bonchev–Trinajstić information content (AvgIpc) is 3.44. The number of nitrogens with one attached hydrogen (secondary N) is 2. The first-order valence-electron chi connectivity index (χ1n) is 12.3. The molecule has 208 valence electrons. The summed E-state index contributed by atoms with van der Waals surface area (Å²) in [6.07, 6.45) is 3.52. The van der Waals surface area contributed by atoms with Crippen molar-refractivity contribution in [1.82, 2.24) is 15.0 Å². The molecule has 1 fully saturated rings. The monoisotopic (exact) mass is 571 g/mol. The van der Waals surface area contributed by atoms with Crippen LogP contribution in [0.15, 0.2) is 70.5 Å². The van der Waals surface area contributed by atoms with Gasteiger partial charge in [0, 0.05) is 37.0 Å². The Labute approximate surface area is 228 Å². The van der Waals surface area contributed by atoms with Crippen molar-refractivity contribution in [3.05, 3.63) is 95.1 Å². The van der Waals surface area contributed by atoms with Crippen LogP contribution in [0.1, 0.15) is 40.2 Å². The Balaban J connectivity index is 1.47. The molecule has 1 saturated heterocycles. The maximum atomic E-state index is 14.6. The third-order valence-corrected chi connectivity index (χ3v) is 8.15. The molecule has 2 N–H and O–H groups in total. The molecule has 4 aromatic rings. The van der Waals surface area contributed by atoms with Gasteiger partial charge >= 0.3 is 0 Å². The molecular weight excluding hydrogens is 547 g/mol. The van der Waals surface area contributed by atoms with Gasteiger partial charge in [0.05, 0.1) is 16.9 Å². The third-order valence-electron chi connectivity index (χ3n) is 6.75. The van der Waals surface area contributed by atoms with Gasteiger partial charge in [-0.15, -0.1) is 0 Å². The molecule has 0 bridgehead atoms. The van der Waals surface area contributed by atoms with Crippen LogP contribution in [0.25, 0.3) is 0 Å². The topological polar surface area (TPSA) is 117 Å². The van der Waals surface area contributed by atoms with E-state index in [0.717, 1.165) is 30.0 Å². The van der Waals surface area contributed by atoms with E-state index in [4.69, 9.17) is 0 Å². The average molecular weight is 572 g/mol. The van der Waals surface area contributed by atoms with E-state index in [-0.39, 0.29) is 40.1 Å². The molecule has 0 saturated carbocycles. The van der Waals surface area contributed by atoms with Crippen LogP contribution in [-0.4, -0.2) is 42.5 Å². The SMILES string of the molecule is Cc1c(S(=O)(=O)Nc2ccon2)ncc(C(=O)N2CCC(c3ccc(F)cc3)CC2)c1Nc1cc(F)ccc1F. The Morgan fingerprint density at radius 1 is 1.02 bits per heavy atom. The molecule has 2 aromatic heterocycles. The number of benzene rings is 2. The van der Waals surface area contributed by atoms with E-state index in [1.807, 2.05) is 0 Å². The van der Waals surface area contributed by atoms with Crippen LogP contribution < -0.4 is 10.0 Å². The molecule has 0 aliphatic carbocycles. The standard InChI is InChI=1S/C27H24F3N5O4S/c1-16-25(32-23-14-20(29)6-7-22(23)30)21(15-31-26(16)40(37,38)34-24-10-13-39-33-24)27(36)35-11-8-18(9-12-35)17-2-4-19(28)5-3-17/h2-7,10,13-15,18H,8-9,11-12H2,1H3,(H,31,32)(H,33,34). The number of amides is 1. The van der Waals surface area contributed by atoms with E-state index in [1.54, 1.807) is 17.0 Å². The molecule has 5 rings (SSSR count). The van der Waals surface area contributed by atoms with Crippen molar-refractivity contribution in [3.8, 4) is 0 Å². The number of nitrogens with zero attached hydrogens (tertiary/aromatic N) is 3. The van der Waals surface area contributed by atoms with Crippen molar-refractivity contribution in [2.24, 2.45) is 0 Å². The van der Waals surface area contributed by atoms with Crippen LogP contribution in [-0.2, 0) is 10.0 Å². The van der Waals surface area contributed by atoms with E-state index in [9.17, 15) is 26.4 Å². The summed E-state index contributed by atoms with van der Waals surface area (Å²) in [7, 11) is -4.30. The maximum Gasteiger partial charge on any atom is 0.280 e. The van der Waals surface area contributed by atoms with Crippen LogP contribution in [0.2, 0.25) is 0 Å². The fourth-order valence-electron chi connectivity index (χ4n) is 4.69. The smallest absolute Gasteiger partial charge is 0.280 e. The second-order valence-corrected chi connectivity index (χ2v) is 10.9. The second-order valence-electron chi connectivity index (χ2n) is 9.33. The van der Waals surface area contributed by atoms with Gasteiger partial charge in [-0.3, -0.25) is 9.52 Å². The summed E-state index contributed by atoms with van der Waals surface area (Å²) in [4.78, 5) is 19.3. The molecule has 13 heteroatoms. The zero-order chi connectivity index (χ0) is 28.4. The fourth-order valence-corrected chi connectivity index (χ4v) is 5.86. The molecule has 2 aromatic carbocycles. The Bertz CT molecular complexity index is 1640. The summed E-state index contributed by atoms with van der Waals surface area (Å²) in [5, 5.41) is 5.80. The third kappa shape index (κ3) is 5.64. The summed E-state index contributed by atoms with van der Waals surface area (Å²) in [5.74, 6) is -2.26. The quantitative estimate of drug-likeness (QED) is 0.307. The van der Waals surface area contributed by atoms with E-state index >= 15 is 0 Å². The lowest BCUT2D eigenvalue weighted by Crippen LogP contribution is -2.38. The van der Waals surface area contributed by atoms with Crippen molar-refractivity contribution < 1.29 is 30.9 Å². The summed E-state index contributed by atoms with van der Waals surface area (Å²) >= 11 is 0. The lowest BCUT2D eigenvalue weighted by Gasteiger charge is -2.33. The Morgan fingerprint density at radius 3 is 2.40 bits per heavy atom. The molecule has 0 radical (unpaired) electrons. The van der Waals surface area contributed by atoms with Crippen LogP contribution >= 0.6 is 0 Å². The van der Waals surface area contributed by atoms with Gasteiger partial charge in [0.1, 0.15) is 23.7 Å². The molecule has 40 heavy (non-hydrogen) atoms. The Hall–Kier alpha value is -4.39. The molecule has 0 spiro atoms. The number of hydrogen-bond donors (Lipinski definition) is 2. The number of piperidine rings is 1. The van der Waals surface area contributed by atoms with E-state index in [0.29, 0.717) is 25.9 Å². The molecule has 3 heterocycles. The first kappa shape index (κ1) is 27.2. The first-order chi connectivity index (χ1) is 19.1. The minimum atomic E-state index is -4.30. The molecule has 0 atom stereocenters. The number of carbonyl (C=O) groups is 1. The molecular formula is C27H24F3N5O4S. The lowest BCUT2D eigenvalue weighted by molar-refractivity contribution is 0.0713. The van der Waals surface area contributed by atoms with Gasteiger partial charge in [0.2, 0.25) is 0 Å². The zero-order valence-corrected chi connectivity index (χ0v) is 22.0. The number of hydrogen-bond acceptors (Lipinski definition) is 7. The summed E-state index contributed by atoms with van der Waals surface area (Å²) < 4.78 is 74.9. The van der Waals surface area contributed by atoms with E-state index in [2.05, 4.69) is 24.7 Å². The van der Waals surface area contributed by atoms with Gasteiger partial charge in [-0.2, -0.15) is 8.42 Å². The number of aromatic nitrogens is 2. The predicted molar refractivity (Wildman–Crippen MR) is 140 cm³/mol. The zero-order valence-electron chi connectivity index (χ0n) is 21.2. The molecule has 1 aliphatic heterocycles. The largest absolute Gasteiger partial charge is 0.363 e. The van der Waals surface area contributed by atoms with Gasteiger partial charge < -0.3 is 14.7 Å². The number of rotatable bonds is 7. The van der Waals surface area contributed by atoms with Crippen LogP contribution in [0.4, 0.5) is 30.4 Å². The highest BCUT2D eigenvalue weighted by Gasteiger charge is 2.30. The Kier molecular flexibility index (Phi) is 7.48. The number of sulfonamides is 1. The number of likely N-dealkylation sites (tertiary alicyclic amines) is 1. The Morgan fingerprint density at radius 2 is 1.73 bits per heavy atom. The fraction of sp³-hybridized carbons (Fsp3) is 0.222.